The fourth-order valence-electron chi connectivity index (χ4n) is 1.96. The second-order valence-electron chi connectivity index (χ2n) is 5.39. The molecule has 1 aromatic carbocycles. The van der Waals surface area contributed by atoms with E-state index in [4.69, 9.17) is 10.6 Å². The molecule has 3 N–H and O–H groups in total. The number of rotatable bonds is 7. The molecule has 102 valence electrons. The summed E-state index contributed by atoms with van der Waals surface area (Å²) in [4.78, 5) is 0. The summed E-state index contributed by atoms with van der Waals surface area (Å²) in [6.07, 6.45) is 2.34. The summed E-state index contributed by atoms with van der Waals surface area (Å²) in [6.45, 7) is 8.53. The molecule has 0 amide bonds. The van der Waals surface area contributed by atoms with Crippen LogP contribution in [0.3, 0.4) is 0 Å². The standard InChI is InChI=1S/C15H26N2O/c1-11(2)9-10-14(17-16)13-7-5-6-8-15(13)18-12(3)4/h5-8,11-12,14,17H,9-10,16H2,1-4H3. The van der Waals surface area contributed by atoms with Crippen LogP contribution in [0.15, 0.2) is 24.3 Å². The molecule has 0 saturated carbocycles. The summed E-state index contributed by atoms with van der Waals surface area (Å²) in [5.41, 5.74) is 4.05. The van der Waals surface area contributed by atoms with E-state index in [9.17, 15) is 0 Å². The Morgan fingerprint density at radius 3 is 2.33 bits per heavy atom. The molecule has 3 heteroatoms. The average Bonchev–Trinajstić information content (AvgIpc) is 2.30. The van der Waals surface area contributed by atoms with Crippen LogP contribution in [0.2, 0.25) is 0 Å². The number of ether oxygens (including phenoxy) is 1. The predicted octanol–water partition coefficient (Wildman–Crippen LogP) is 3.41. The van der Waals surface area contributed by atoms with Gasteiger partial charge < -0.3 is 4.74 Å². The molecule has 0 radical (unpaired) electrons. The Hall–Kier alpha value is -1.06. The van der Waals surface area contributed by atoms with Gasteiger partial charge in [-0.25, -0.2) is 0 Å². The molecule has 0 spiro atoms. The summed E-state index contributed by atoms with van der Waals surface area (Å²) < 4.78 is 5.84. The SMILES string of the molecule is CC(C)CCC(NN)c1ccccc1OC(C)C. The van der Waals surface area contributed by atoms with E-state index in [0.717, 1.165) is 24.2 Å². The van der Waals surface area contributed by atoms with Gasteiger partial charge in [-0.2, -0.15) is 0 Å². The van der Waals surface area contributed by atoms with E-state index in [-0.39, 0.29) is 12.1 Å². The van der Waals surface area contributed by atoms with E-state index in [1.165, 1.54) is 0 Å². The maximum atomic E-state index is 5.84. The van der Waals surface area contributed by atoms with Crippen LogP contribution in [-0.2, 0) is 0 Å². The van der Waals surface area contributed by atoms with Gasteiger partial charge in [-0.1, -0.05) is 32.0 Å². The number of para-hydroxylation sites is 1. The van der Waals surface area contributed by atoms with Crippen molar-refractivity contribution in [3.63, 3.8) is 0 Å². The third-order valence-electron chi connectivity index (χ3n) is 2.89. The fraction of sp³-hybridized carbons (Fsp3) is 0.600. The van der Waals surface area contributed by atoms with E-state index >= 15 is 0 Å². The average molecular weight is 250 g/mol. The first-order valence-electron chi connectivity index (χ1n) is 6.76. The van der Waals surface area contributed by atoms with Crippen molar-refractivity contribution in [2.24, 2.45) is 11.8 Å². The van der Waals surface area contributed by atoms with Crippen molar-refractivity contribution in [1.82, 2.24) is 5.43 Å². The first kappa shape index (κ1) is 15.0. The van der Waals surface area contributed by atoms with Crippen LogP contribution in [0, 0.1) is 5.92 Å². The highest BCUT2D eigenvalue weighted by atomic mass is 16.5. The van der Waals surface area contributed by atoms with Gasteiger partial charge in [0.05, 0.1) is 6.10 Å². The monoisotopic (exact) mass is 250 g/mol. The van der Waals surface area contributed by atoms with Gasteiger partial charge in [0.25, 0.3) is 0 Å². The molecular weight excluding hydrogens is 224 g/mol. The number of hydrazine groups is 1. The van der Waals surface area contributed by atoms with Crippen LogP contribution in [-0.4, -0.2) is 6.10 Å². The van der Waals surface area contributed by atoms with E-state index in [1.807, 2.05) is 32.0 Å². The molecule has 0 aliphatic rings. The lowest BCUT2D eigenvalue weighted by atomic mass is 9.97. The van der Waals surface area contributed by atoms with Crippen molar-refractivity contribution in [2.45, 2.75) is 52.7 Å². The number of hydrogen-bond acceptors (Lipinski definition) is 3. The van der Waals surface area contributed by atoms with Crippen LogP contribution < -0.4 is 16.0 Å². The molecule has 1 aromatic rings. The van der Waals surface area contributed by atoms with Gasteiger partial charge in [0, 0.05) is 11.6 Å². The molecule has 1 rings (SSSR count). The van der Waals surface area contributed by atoms with Crippen molar-refractivity contribution < 1.29 is 4.74 Å². The van der Waals surface area contributed by atoms with E-state index in [2.05, 4.69) is 25.3 Å². The van der Waals surface area contributed by atoms with Crippen LogP contribution >= 0.6 is 0 Å². The molecule has 0 heterocycles. The van der Waals surface area contributed by atoms with Gasteiger partial charge in [0.15, 0.2) is 0 Å². The van der Waals surface area contributed by atoms with E-state index in [0.29, 0.717) is 5.92 Å². The first-order chi connectivity index (χ1) is 8.54. The highest BCUT2D eigenvalue weighted by molar-refractivity contribution is 5.36. The minimum atomic E-state index is 0.155. The van der Waals surface area contributed by atoms with Crippen LogP contribution in [0.4, 0.5) is 0 Å². The largest absolute Gasteiger partial charge is 0.491 e. The summed E-state index contributed by atoms with van der Waals surface area (Å²) >= 11 is 0. The molecule has 0 aliphatic carbocycles. The third-order valence-corrected chi connectivity index (χ3v) is 2.89. The lowest BCUT2D eigenvalue weighted by Crippen LogP contribution is -2.29. The Morgan fingerprint density at radius 2 is 1.78 bits per heavy atom. The molecule has 0 fully saturated rings. The van der Waals surface area contributed by atoms with Gasteiger partial charge in [0.1, 0.15) is 5.75 Å². The molecule has 0 saturated heterocycles. The third kappa shape index (κ3) is 4.67. The predicted molar refractivity (Wildman–Crippen MR) is 76.3 cm³/mol. The van der Waals surface area contributed by atoms with Crippen molar-refractivity contribution in [3.8, 4) is 5.75 Å². The molecule has 1 atom stereocenters. The highest BCUT2D eigenvalue weighted by Gasteiger charge is 2.15. The second-order valence-corrected chi connectivity index (χ2v) is 5.39. The summed E-state index contributed by atoms with van der Waals surface area (Å²) in [5, 5.41) is 0. The molecular formula is C15H26N2O. The van der Waals surface area contributed by atoms with E-state index in [1.54, 1.807) is 0 Å². The lowest BCUT2D eigenvalue weighted by molar-refractivity contribution is 0.236. The summed E-state index contributed by atoms with van der Waals surface area (Å²) in [7, 11) is 0. The quantitative estimate of drug-likeness (QED) is 0.576. The van der Waals surface area contributed by atoms with Gasteiger partial charge in [0.2, 0.25) is 0 Å². The Kier molecular flexibility index (Phi) is 6.16. The van der Waals surface area contributed by atoms with Crippen molar-refractivity contribution in [1.29, 1.82) is 0 Å². The molecule has 0 bridgehead atoms. The smallest absolute Gasteiger partial charge is 0.124 e. The summed E-state index contributed by atoms with van der Waals surface area (Å²) in [5.74, 6) is 7.29. The summed E-state index contributed by atoms with van der Waals surface area (Å²) in [6, 6.07) is 8.28. The second kappa shape index (κ2) is 7.39. The lowest BCUT2D eigenvalue weighted by Gasteiger charge is -2.21. The Bertz CT molecular complexity index is 350. The van der Waals surface area contributed by atoms with Gasteiger partial charge >= 0.3 is 0 Å². The normalized spacial score (nSPS) is 13.1. The minimum absolute atomic E-state index is 0.155. The number of hydrogen-bond donors (Lipinski definition) is 2. The Balaban J connectivity index is 2.83. The van der Waals surface area contributed by atoms with Gasteiger partial charge in [-0.05, 0) is 38.7 Å². The van der Waals surface area contributed by atoms with Crippen LogP contribution in [0.5, 0.6) is 5.75 Å². The molecule has 3 nitrogen and oxygen atoms in total. The molecule has 0 aliphatic heterocycles. The number of benzene rings is 1. The zero-order chi connectivity index (χ0) is 13.5. The van der Waals surface area contributed by atoms with Crippen molar-refractivity contribution >= 4 is 0 Å². The van der Waals surface area contributed by atoms with Crippen LogP contribution in [0.25, 0.3) is 0 Å². The topological polar surface area (TPSA) is 47.3 Å². The van der Waals surface area contributed by atoms with Crippen molar-refractivity contribution in [3.05, 3.63) is 29.8 Å². The van der Waals surface area contributed by atoms with Crippen LogP contribution in [0.1, 0.15) is 52.1 Å². The zero-order valence-electron chi connectivity index (χ0n) is 11.9. The van der Waals surface area contributed by atoms with E-state index < -0.39 is 0 Å². The molecule has 1 unspecified atom stereocenters. The molecule has 0 aromatic heterocycles. The van der Waals surface area contributed by atoms with Gasteiger partial charge in [-0.15, -0.1) is 0 Å². The fourth-order valence-corrected chi connectivity index (χ4v) is 1.96. The maximum absolute atomic E-state index is 5.84. The maximum Gasteiger partial charge on any atom is 0.124 e. The zero-order valence-corrected chi connectivity index (χ0v) is 11.9. The van der Waals surface area contributed by atoms with Gasteiger partial charge in [-0.3, -0.25) is 11.3 Å². The Morgan fingerprint density at radius 1 is 1.11 bits per heavy atom. The minimum Gasteiger partial charge on any atom is -0.491 e. The number of nitrogens with two attached hydrogens (primary N) is 1. The highest BCUT2D eigenvalue weighted by Crippen LogP contribution is 2.29. The van der Waals surface area contributed by atoms with Crippen molar-refractivity contribution in [2.75, 3.05) is 0 Å². The number of nitrogens with one attached hydrogen (secondary N) is 1. The first-order valence-corrected chi connectivity index (χ1v) is 6.76. The Labute approximate surface area is 111 Å². The molecule has 18 heavy (non-hydrogen) atoms.